The Labute approximate surface area is 216 Å². The summed E-state index contributed by atoms with van der Waals surface area (Å²) in [7, 11) is 0. The van der Waals surface area contributed by atoms with Crippen LogP contribution in [0.15, 0.2) is 81.9 Å². The van der Waals surface area contributed by atoms with Crippen molar-refractivity contribution in [1.82, 2.24) is 19.5 Å². The fraction of sp³-hybridized carbons (Fsp3) is 0.259. The van der Waals surface area contributed by atoms with Crippen LogP contribution in [0.4, 0.5) is 0 Å². The zero-order chi connectivity index (χ0) is 23.8. The molecule has 1 unspecified atom stereocenters. The van der Waals surface area contributed by atoms with Crippen molar-refractivity contribution in [3.05, 3.63) is 93.5 Å². The largest absolute Gasteiger partial charge is 0.492 e. The first kappa shape index (κ1) is 22.5. The van der Waals surface area contributed by atoms with Gasteiger partial charge in [0.25, 0.3) is 0 Å². The number of benzene rings is 2. The van der Waals surface area contributed by atoms with Crippen molar-refractivity contribution in [2.45, 2.75) is 25.3 Å². The average Bonchev–Trinajstić information content (AvgIpc) is 3.61. The normalized spacial score (nSPS) is 16.1. The lowest BCUT2D eigenvalue weighted by Gasteiger charge is -2.37. The predicted octanol–water partition coefficient (Wildman–Crippen LogP) is 6.56. The molecule has 0 aliphatic carbocycles. The minimum absolute atomic E-state index is 0.0543. The number of nitrogens with zero attached hydrogens (tertiary/aromatic N) is 4. The van der Waals surface area contributed by atoms with Gasteiger partial charge in [-0.25, -0.2) is 0 Å². The van der Waals surface area contributed by atoms with Crippen molar-refractivity contribution >= 4 is 32.2 Å². The maximum atomic E-state index is 11.3. The number of hydrogen-bond donors (Lipinski definition) is 1. The molecule has 0 spiro atoms. The van der Waals surface area contributed by atoms with E-state index in [0.717, 1.165) is 47.3 Å². The van der Waals surface area contributed by atoms with E-state index in [1.807, 2.05) is 6.07 Å². The van der Waals surface area contributed by atoms with E-state index >= 15 is 0 Å². The Morgan fingerprint density at radius 3 is 2.49 bits per heavy atom. The molecule has 0 radical (unpaired) electrons. The number of aromatic nitrogens is 3. The maximum absolute atomic E-state index is 11.3. The summed E-state index contributed by atoms with van der Waals surface area (Å²) in [4.78, 5) is 8.64. The molecule has 8 heteroatoms. The Morgan fingerprint density at radius 1 is 1.03 bits per heavy atom. The number of likely N-dealkylation sites (tertiary alicyclic amines) is 1. The van der Waals surface area contributed by atoms with Gasteiger partial charge in [0.05, 0.1) is 17.2 Å². The SMILES string of the molecule is Oc1c(C(c2ccc(Br)cc2)N2CCC(Cc3ccccc3)CC2)sc2nc(-c3ccco3)nn12. The lowest BCUT2D eigenvalue weighted by Crippen LogP contribution is -2.37. The van der Waals surface area contributed by atoms with Crippen molar-refractivity contribution in [2.75, 3.05) is 13.1 Å². The van der Waals surface area contributed by atoms with E-state index in [2.05, 4.69) is 85.5 Å². The Kier molecular flexibility index (Phi) is 6.18. The predicted molar refractivity (Wildman–Crippen MR) is 141 cm³/mol. The molecule has 178 valence electrons. The summed E-state index contributed by atoms with van der Waals surface area (Å²) >= 11 is 5.05. The average molecular weight is 549 g/mol. The molecule has 1 aliphatic rings. The van der Waals surface area contributed by atoms with E-state index < -0.39 is 0 Å². The van der Waals surface area contributed by atoms with E-state index in [9.17, 15) is 5.11 Å². The lowest BCUT2D eigenvalue weighted by atomic mass is 9.89. The van der Waals surface area contributed by atoms with Gasteiger partial charge in [0.1, 0.15) is 0 Å². The maximum Gasteiger partial charge on any atom is 0.230 e. The van der Waals surface area contributed by atoms with Gasteiger partial charge in [0, 0.05) is 4.47 Å². The highest BCUT2D eigenvalue weighted by Crippen LogP contribution is 2.42. The van der Waals surface area contributed by atoms with Crippen LogP contribution in [0.3, 0.4) is 0 Å². The first-order chi connectivity index (χ1) is 17.2. The van der Waals surface area contributed by atoms with Gasteiger partial charge in [-0.3, -0.25) is 4.90 Å². The van der Waals surface area contributed by atoms with Crippen molar-refractivity contribution < 1.29 is 9.52 Å². The standard InChI is InChI=1S/C27H25BrN4O2S/c28-21-10-8-20(9-11-21)23(31-14-12-19(13-15-31)17-18-5-2-1-3-6-18)24-26(33)32-27(35-24)29-25(30-32)22-7-4-16-34-22/h1-11,16,19,23,33H,12-15,17H2. The number of piperidine rings is 1. The van der Waals surface area contributed by atoms with E-state index in [-0.39, 0.29) is 11.9 Å². The summed E-state index contributed by atoms with van der Waals surface area (Å²) in [5, 5.41) is 15.8. The van der Waals surface area contributed by atoms with Gasteiger partial charge < -0.3 is 9.52 Å². The molecule has 0 amide bonds. The van der Waals surface area contributed by atoms with Gasteiger partial charge in [-0.1, -0.05) is 69.7 Å². The summed E-state index contributed by atoms with van der Waals surface area (Å²) in [6.07, 6.45) is 4.98. The fourth-order valence-corrected chi connectivity index (χ4v) is 6.36. The molecule has 2 aromatic carbocycles. The third-order valence-electron chi connectivity index (χ3n) is 6.76. The summed E-state index contributed by atoms with van der Waals surface area (Å²) in [5.74, 6) is 1.89. The third kappa shape index (κ3) is 4.53. The molecule has 1 N–H and O–H groups in total. The van der Waals surface area contributed by atoms with E-state index in [1.165, 1.54) is 21.4 Å². The van der Waals surface area contributed by atoms with Crippen molar-refractivity contribution in [3.8, 4) is 17.5 Å². The first-order valence-electron chi connectivity index (χ1n) is 11.8. The number of rotatable bonds is 6. The Morgan fingerprint density at radius 2 is 1.80 bits per heavy atom. The first-order valence-corrected chi connectivity index (χ1v) is 13.4. The second kappa shape index (κ2) is 9.60. The Balaban J connectivity index is 1.29. The number of halogens is 1. The molecule has 1 aliphatic heterocycles. The monoisotopic (exact) mass is 548 g/mol. The van der Waals surface area contributed by atoms with Crippen LogP contribution in [0.2, 0.25) is 0 Å². The zero-order valence-electron chi connectivity index (χ0n) is 19.0. The van der Waals surface area contributed by atoms with Crippen molar-refractivity contribution in [2.24, 2.45) is 5.92 Å². The van der Waals surface area contributed by atoms with Gasteiger partial charge in [0.2, 0.25) is 16.7 Å². The van der Waals surface area contributed by atoms with Gasteiger partial charge in [0.15, 0.2) is 5.76 Å². The molecule has 6 rings (SSSR count). The van der Waals surface area contributed by atoms with Gasteiger partial charge in [-0.2, -0.15) is 9.50 Å². The molecule has 5 aromatic rings. The van der Waals surface area contributed by atoms with E-state index in [4.69, 9.17) is 4.42 Å². The van der Waals surface area contributed by atoms with Crippen LogP contribution < -0.4 is 0 Å². The zero-order valence-corrected chi connectivity index (χ0v) is 21.5. The van der Waals surface area contributed by atoms with Crippen LogP contribution in [0.5, 0.6) is 5.88 Å². The second-order valence-electron chi connectivity index (χ2n) is 9.02. The smallest absolute Gasteiger partial charge is 0.230 e. The van der Waals surface area contributed by atoms with Crippen LogP contribution in [-0.4, -0.2) is 37.7 Å². The quantitative estimate of drug-likeness (QED) is 0.260. The molecule has 3 aromatic heterocycles. The fourth-order valence-electron chi connectivity index (χ4n) is 4.97. The van der Waals surface area contributed by atoms with E-state index in [1.54, 1.807) is 12.3 Å². The molecule has 1 atom stereocenters. The van der Waals surface area contributed by atoms with Gasteiger partial charge >= 0.3 is 0 Å². The molecule has 35 heavy (non-hydrogen) atoms. The number of aromatic hydroxyl groups is 1. The number of thiazole rings is 1. The van der Waals surface area contributed by atoms with Gasteiger partial charge in [-0.15, -0.1) is 5.10 Å². The lowest BCUT2D eigenvalue weighted by molar-refractivity contribution is 0.150. The molecule has 4 heterocycles. The Bertz CT molecular complexity index is 1410. The summed E-state index contributed by atoms with van der Waals surface area (Å²) in [6.45, 7) is 1.95. The van der Waals surface area contributed by atoms with Crippen molar-refractivity contribution in [1.29, 1.82) is 0 Å². The van der Waals surface area contributed by atoms with Crippen LogP contribution >= 0.6 is 27.3 Å². The van der Waals surface area contributed by atoms with E-state index in [0.29, 0.717) is 22.5 Å². The molecule has 0 bridgehead atoms. The van der Waals surface area contributed by atoms with Crippen LogP contribution in [0.1, 0.15) is 34.9 Å². The summed E-state index contributed by atoms with van der Waals surface area (Å²) in [5.41, 5.74) is 2.56. The topological polar surface area (TPSA) is 66.8 Å². The molecule has 0 saturated carbocycles. The van der Waals surface area contributed by atoms with Crippen LogP contribution in [-0.2, 0) is 6.42 Å². The summed E-state index contributed by atoms with van der Waals surface area (Å²) in [6, 6.07) is 22.7. The molecule has 1 fully saturated rings. The minimum Gasteiger partial charge on any atom is -0.492 e. The molecular formula is C27H25BrN4O2S. The van der Waals surface area contributed by atoms with Crippen LogP contribution in [0, 0.1) is 5.92 Å². The highest BCUT2D eigenvalue weighted by molar-refractivity contribution is 9.10. The molecule has 6 nitrogen and oxygen atoms in total. The minimum atomic E-state index is -0.0543. The number of fused-ring (bicyclic) bond motifs is 1. The number of furan rings is 1. The highest BCUT2D eigenvalue weighted by atomic mass is 79.9. The summed E-state index contributed by atoms with van der Waals surface area (Å²) < 4.78 is 8.01. The third-order valence-corrected chi connectivity index (χ3v) is 8.36. The Hall–Kier alpha value is -2.94. The van der Waals surface area contributed by atoms with Crippen LogP contribution in [0.25, 0.3) is 16.5 Å². The highest BCUT2D eigenvalue weighted by Gasteiger charge is 2.32. The van der Waals surface area contributed by atoms with Crippen molar-refractivity contribution in [3.63, 3.8) is 0 Å². The number of hydrogen-bond acceptors (Lipinski definition) is 6. The second-order valence-corrected chi connectivity index (χ2v) is 10.9. The van der Waals surface area contributed by atoms with Gasteiger partial charge in [-0.05, 0) is 73.7 Å². The molecule has 1 saturated heterocycles. The molecular weight excluding hydrogens is 524 g/mol.